The van der Waals surface area contributed by atoms with Crippen molar-refractivity contribution in [3.63, 3.8) is 0 Å². The van der Waals surface area contributed by atoms with Gasteiger partial charge in [0, 0.05) is 35.0 Å². The fourth-order valence-corrected chi connectivity index (χ4v) is 5.41. The molecule has 0 radical (unpaired) electrons. The first-order chi connectivity index (χ1) is 20.3. The number of fused-ring (bicyclic) bond motifs is 1. The molecule has 3 atom stereocenters. The van der Waals surface area contributed by atoms with Crippen LogP contribution in [0.1, 0.15) is 42.4 Å². The van der Waals surface area contributed by atoms with Crippen LogP contribution in [0.4, 0.5) is 6.01 Å². The summed E-state index contributed by atoms with van der Waals surface area (Å²) in [6, 6.07) is 11.7. The Morgan fingerprint density at radius 2 is 1.55 bits per heavy atom. The molecule has 2 unspecified atom stereocenters. The molecule has 0 spiro atoms. The van der Waals surface area contributed by atoms with Gasteiger partial charge >= 0.3 is 5.97 Å². The Morgan fingerprint density at radius 1 is 0.929 bits per heavy atom. The van der Waals surface area contributed by atoms with E-state index < -0.39 is 12.1 Å². The highest BCUT2D eigenvalue weighted by Crippen LogP contribution is 2.39. The number of nitrogens with zero attached hydrogens (tertiary/aromatic N) is 3. The third-order valence-corrected chi connectivity index (χ3v) is 7.52. The smallest absolute Gasteiger partial charge is 0.332 e. The van der Waals surface area contributed by atoms with E-state index in [0.29, 0.717) is 66.0 Å². The van der Waals surface area contributed by atoms with Crippen LogP contribution in [-0.4, -0.2) is 61.7 Å². The summed E-state index contributed by atoms with van der Waals surface area (Å²) in [6.45, 7) is 2.67. The molecule has 0 aliphatic carbocycles. The van der Waals surface area contributed by atoms with Gasteiger partial charge in [-0.2, -0.15) is 4.98 Å². The second-order valence-corrected chi connectivity index (χ2v) is 10.2. The molecule has 11 heteroatoms. The maximum absolute atomic E-state index is 11.7. The van der Waals surface area contributed by atoms with Crippen LogP contribution in [0.25, 0.3) is 11.1 Å². The quantitative estimate of drug-likeness (QED) is 0.253. The number of ether oxygens (including phenoxy) is 5. The second-order valence-electron chi connectivity index (χ2n) is 10.2. The monoisotopic (exact) mass is 577 g/mol. The number of carboxylic acid groups (broad SMARTS) is 1. The molecular weight excluding hydrogens is 542 g/mol. The van der Waals surface area contributed by atoms with Crippen molar-refractivity contribution < 1.29 is 38.0 Å². The van der Waals surface area contributed by atoms with E-state index in [1.807, 2.05) is 48.2 Å². The third-order valence-electron chi connectivity index (χ3n) is 7.52. The standard InChI is InChI=1S/C31H35N3O8/c1-18-10-21(11-28(41-18)30(35)36)24-14-32-15-25-29(24)42-31(33-25)34(16-19-6-8-22(37-2)12-26(19)39-4)17-20-7-9-23(38-3)13-27(20)40-5/h6-9,12-15,18,21,28H,10-11,16-17H2,1-5H3,(H,35,36)/t18-,21?,28?/m0/s1. The van der Waals surface area contributed by atoms with Crippen molar-refractivity contribution in [2.75, 3.05) is 33.3 Å². The van der Waals surface area contributed by atoms with E-state index in [-0.39, 0.29) is 12.0 Å². The lowest BCUT2D eigenvalue weighted by atomic mass is 9.86. The zero-order valence-corrected chi connectivity index (χ0v) is 24.3. The fraction of sp³-hybridized carbons (Fsp3) is 0.387. The van der Waals surface area contributed by atoms with Gasteiger partial charge in [-0.3, -0.25) is 4.98 Å². The Labute approximate surface area is 243 Å². The van der Waals surface area contributed by atoms with Crippen LogP contribution >= 0.6 is 0 Å². The van der Waals surface area contributed by atoms with Gasteiger partial charge in [-0.05, 0) is 49.9 Å². The van der Waals surface area contributed by atoms with Crippen molar-refractivity contribution >= 4 is 23.1 Å². The number of pyridine rings is 1. The molecular formula is C31H35N3O8. The zero-order chi connectivity index (χ0) is 29.8. The largest absolute Gasteiger partial charge is 0.497 e. The Morgan fingerprint density at radius 3 is 2.10 bits per heavy atom. The number of hydrogen-bond acceptors (Lipinski definition) is 10. The summed E-state index contributed by atoms with van der Waals surface area (Å²) >= 11 is 0. The molecule has 1 saturated heterocycles. The number of rotatable bonds is 11. The predicted octanol–water partition coefficient (Wildman–Crippen LogP) is 5.20. The third kappa shape index (κ3) is 6.06. The molecule has 0 saturated carbocycles. The van der Waals surface area contributed by atoms with Crippen LogP contribution in [-0.2, 0) is 22.6 Å². The molecule has 0 amide bonds. The summed E-state index contributed by atoms with van der Waals surface area (Å²) in [4.78, 5) is 23.0. The molecule has 2 aromatic carbocycles. The summed E-state index contributed by atoms with van der Waals surface area (Å²) in [5.74, 6) is 1.61. The first-order valence-electron chi connectivity index (χ1n) is 13.6. The summed E-state index contributed by atoms with van der Waals surface area (Å²) in [5.41, 5.74) is 3.78. The van der Waals surface area contributed by atoms with Gasteiger partial charge in [0.15, 0.2) is 11.7 Å². The minimum Gasteiger partial charge on any atom is -0.497 e. The zero-order valence-electron chi connectivity index (χ0n) is 24.3. The summed E-state index contributed by atoms with van der Waals surface area (Å²) in [5, 5.41) is 9.62. The van der Waals surface area contributed by atoms with Crippen molar-refractivity contribution in [3.8, 4) is 23.0 Å². The lowest BCUT2D eigenvalue weighted by Crippen LogP contribution is -2.35. The molecule has 1 fully saturated rings. The molecule has 0 bridgehead atoms. The molecule has 4 aromatic rings. The maximum atomic E-state index is 11.7. The number of aliphatic carboxylic acids is 1. The highest BCUT2D eigenvalue weighted by atomic mass is 16.5. The topological polar surface area (TPSA) is 126 Å². The number of hydrogen-bond donors (Lipinski definition) is 1. The number of anilines is 1. The van der Waals surface area contributed by atoms with E-state index in [4.69, 9.17) is 33.1 Å². The number of carboxylic acids is 1. The first-order valence-corrected chi connectivity index (χ1v) is 13.6. The van der Waals surface area contributed by atoms with E-state index in [0.717, 1.165) is 16.7 Å². The molecule has 11 nitrogen and oxygen atoms in total. The van der Waals surface area contributed by atoms with Gasteiger partial charge in [0.25, 0.3) is 6.01 Å². The van der Waals surface area contributed by atoms with Gasteiger partial charge in [0.2, 0.25) is 0 Å². The highest BCUT2D eigenvalue weighted by molar-refractivity contribution is 5.78. The minimum absolute atomic E-state index is 0.108. The van der Waals surface area contributed by atoms with Crippen LogP contribution < -0.4 is 23.8 Å². The number of carbonyl (C=O) groups is 1. The van der Waals surface area contributed by atoms with E-state index in [1.54, 1.807) is 40.8 Å². The van der Waals surface area contributed by atoms with E-state index >= 15 is 0 Å². The molecule has 222 valence electrons. The van der Waals surface area contributed by atoms with Crippen molar-refractivity contribution in [2.45, 2.75) is 51.0 Å². The van der Waals surface area contributed by atoms with Crippen molar-refractivity contribution in [1.29, 1.82) is 0 Å². The van der Waals surface area contributed by atoms with E-state index in [9.17, 15) is 9.90 Å². The molecule has 2 aromatic heterocycles. The van der Waals surface area contributed by atoms with Crippen LogP contribution in [0.15, 0.2) is 53.2 Å². The van der Waals surface area contributed by atoms with Crippen LogP contribution in [0.5, 0.6) is 23.0 Å². The van der Waals surface area contributed by atoms with Crippen LogP contribution in [0.2, 0.25) is 0 Å². The van der Waals surface area contributed by atoms with Gasteiger partial charge in [0.05, 0.1) is 53.8 Å². The lowest BCUT2D eigenvalue weighted by Gasteiger charge is -2.31. The summed E-state index contributed by atoms with van der Waals surface area (Å²) in [7, 11) is 6.45. The van der Waals surface area contributed by atoms with Crippen LogP contribution in [0.3, 0.4) is 0 Å². The molecule has 1 N–H and O–H groups in total. The number of aromatic nitrogens is 2. The van der Waals surface area contributed by atoms with Gasteiger partial charge in [-0.25, -0.2) is 4.79 Å². The van der Waals surface area contributed by atoms with Crippen LogP contribution in [0, 0.1) is 0 Å². The highest BCUT2D eigenvalue weighted by Gasteiger charge is 2.34. The van der Waals surface area contributed by atoms with Gasteiger partial charge in [-0.15, -0.1) is 0 Å². The number of oxazole rings is 1. The molecule has 5 rings (SSSR count). The summed E-state index contributed by atoms with van der Waals surface area (Å²) in [6.07, 6.45) is 3.26. The first kappa shape index (κ1) is 29.0. The molecule has 1 aliphatic heterocycles. The van der Waals surface area contributed by atoms with Crippen molar-refractivity contribution in [1.82, 2.24) is 9.97 Å². The van der Waals surface area contributed by atoms with Crippen molar-refractivity contribution in [2.24, 2.45) is 0 Å². The second kappa shape index (κ2) is 12.6. The average Bonchev–Trinajstić information content (AvgIpc) is 3.45. The summed E-state index contributed by atoms with van der Waals surface area (Å²) < 4.78 is 34.3. The molecule has 42 heavy (non-hydrogen) atoms. The van der Waals surface area contributed by atoms with E-state index in [2.05, 4.69) is 4.98 Å². The number of benzene rings is 2. The Hall–Kier alpha value is -4.51. The minimum atomic E-state index is -0.974. The average molecular weight is 578 g/mol. The van der Waals surface area contributed by atoms with Gasteiger partial charge < -0.3 is 38.1 Å². The normalized spacial score (nSPS) is 18.5. The molecule has 3 heterocycles. The lowest BCUT2D eigenvalue weighted by molar-refractivity contribution is -0.159. The van der Waals surface area contributed by atoms with Gasteiger partial charge in [-0.1, -0.05) is 0 Å². The Balaban J connectivity index is 1.56. The molecule has 1 aliphatic rings. The SMILES string of the molecule is COc1ccc(CN(Cc2ccc(OC)cc2OC)c2nc3cncc(C4CC(C(=O)O)O[C@@H](C)C4)c3o2)c(OC)c1. The number of methoxy groups -OCH3 is 4. The fourth-order valence-electron chi connectivity index (χ4n) is 5.41. The van der Waals surface area contributed by atoms with E-state index in [1.165, 1.54) is 0 Å². The Kier molecular flexibility index (Phi) is 8.67. The van der Waals surface area contributed by atoms with Gasteiger partial charge in [0.1, 0.15) is 28.5 Å². The Bertz CT molecular complexity index is 1500. The maximum Gasteiger partial charge on any atom is 0.332 e. The predicted molar refractivity (Wildman–Crippen MR) is 155 cm³/mol. The van der Waals surface area contributed by atoms with Crippen molar-refractivity contribution in [3.05, 3.63) is 65.5 Å².